The number of halogens is 1. The number of aromatic nitrogens is 1. The Morgan fingerprint density at radius 2 is 2.19 bits per heavy atom. The molecule has 0 atom stereocenters. The molecule has 2 aromatic rings. The monoisotopic (exact) mass is 284 g/mol. The largest absolute Gasteiger partial charge is 0.384 e. The van der Waals surface area contributed by atoms with E-state index in [9.17, 15) is 9.18 Å². The quantitative estimate of drug-likeness (QED) is 0.830. The molecule has 2 N–H and O–H groups in total. The fourth-order valence-corrected chi connectivity index (χ4v) is 1.70. The molecule has 4 nitrogen and oxygen atoms in total. The maximum atomic E-state index is 12.8. The highest BCUT2D eigenvalue weighted by Gasteiger charge is 2.10. The molecule has 0 unspecified atom stereocenters. The lowest BCUT2D eigenvalue weighted by Crippen LogP contribution is -2.14. The van der Waals surface area contributed by atoms with Gasteiger partial charge in [0, 0.05) is 5.56 Å². The van der Waals surface area contributed by atoms with Gasteiger partial charge < -0.3 is 10.4 Å². The van der Waals surface area contributed by atoms with Gasteiger partial charge in [-0.1, -0.05) is 17.9 Å². The zero-order valence-electron chi connectivity index (χ0n) is 11.4. The molecule has 0 fully saturated rings. The number of aryl methyl sites for hydroxylation is 1. The van der Waals surface area contributed by atoms with Gasteiger partial charge in [0.1, 0.15) is 18.1 Å². The standard InChI is InChI=1S/C16H13FN2O2/c1-11-4-6-14(12(9-11)3-2-8-20)19-16(21)15-7-5-13(17)10-18-15/h4-7,9-10,20H,8H2,1H3,(H,19,21). The molecule has 0 aliphatic carbocycles. The number of aliphatic hydroxyl groups excluding tert-OH is 1. The Morgan fingerprint density at radius 1 is 1.38 bits per heavy atom. The minimum atomic E-state index is -0.503. The number of hydrogen-bond acceptors (Lipinski definition) is 3. The molecule has 2 rings (SSSR count). The van der Waals surface area contributed by atoms with Crippen LogP contribution in [0.1, 0.15) is 21.6 Å². The number of anilines is 1. The summed E-state index contributed by atoms with van der Waals surface area (Å²) in [4.78, 5) is 15.8. The number of carbonyl (C=O) groups excluding carboxylic acids is 1. The Labute approximate surface area is 121 Å². The van der Waals surface area contributed by atoms with Crippen LogP contribution >= 0.6 is 0 Å². The van der Waals surface area contributed by atoms with Gasteiger partial charge in [-0.2, -0.15) is 0 Å². The summed E-state index contributed by atoms with van der Waals surface area (Å²) in [5.41, 5.74) is 2.20. The lowest BCUT2D eigenvalue weighted by molar-refractivity contribution is 0.102. The second-order valence-electron chi connectivity index (χ2n) is 4.32. The van der Waals surface area contributed by atoms with Crippen LogP contribution in [0.4, 0.5) is 10.1 Å². The minimum Gasteiger partial charge on any atom is -0.384 e. The highest BCUT2D eigenvalue weighted by Crippen LogP contribution is 2.17. The van der Waals surface area contributed by atoms with Crippen molar-refractivity contribution in [3.8, 4) is 11.8 Å². The summed E-state index contributed by atoms with van der Waals surface area (Å²) in [6.07, 6.45) is 0.983. The second-order valence-corrected chi connectivity index (χ2v) is 4.32. The molecule has 0 saturated carbocycles. The zero-order chi connectivity index (χ0) is 15.2. The van der Waals surface area contributed by atoms with Gasteiger partial charge in [0.25, 0.3) is 5.91 Å². The summed E-state index contributed by atoms with van der Waals surface area (Å²) in [6.45, 7) is 1.64. The summed E-state index contributed by atoms with van der Waals surface area (Å²) in [6, 6.07) is 7.83. The van der Waals surface area contributed by atoms with Crippen molar-refractivity contribution in [1.29, 1.82) is 0 Å². The molecule has 0 bridgehead atoms. The van der Waals surface area contributed by atoms with Crippen molar-refractivity contribution >= 4 is 11.6 Å². The van der Waals surface area contributed by atoms with Crippen molar-refractivity contribution in [2.75, 3.05) is 11.9 Å². The van der Waals surface area contributed by atoms with Crippen molar-refractivity contribution in [2.45, 2.75) is 6.92 Å². The van der Waals surface area contributed by atoms with Crippen LogP contribution in [-0.2, 0) is 0 Å². The van der Waals surface area contributed by atoms with Gasteiger partial charge in [-0.25, -0.2) is 9.37 Å². The first-order valence-corrected chi connectivity index (χ1v) is 6.23. The number of rotatable bonds is 2. The topological polar surface area (TPSA) is 62.2 Å². The number of carbonyl (C=O) groups is 1. The molecule has 1 aromatic carbocycles. The third kappa shape index (κ3) is 3.88. The van der Waals surface area contributed by atoms with Gasteiger partial charge in [-0.15, -0.1) is 0 Å². The molecule has 1 aromatic heterocycles. The van der Waals surface area contributed by atoms with Crippen LogP contribution in [0, 0.1) is 24.6 Å². The summed E-state index contributed by atoms with van der Waals surface area (Å²) < 4.78 is 12.8. The average molecular weight is 284 g/mol. The van der Waals surface area contributed by atoms with E-state index in [-0.39, 0.29) is 12.3 Å². The first kappa shape index (κ1) is 14.7. The van der Waals surface area contributed by atoms with Crippen LogP contribution in [-0.4, -0.2) is 22.6 Å². The maximum absolute atomic E-state index is 12.8. The van der Waals surface area contributed by atoms with E-state index in [1.165, 1.54) is 12.1 Å². The normalized spacial score (nSPS) is 9.67. The van der Waals surface area contributed by atoms with Crippen LogP contribution in [0.2, 0.25) is 0 Å². The molecule has 0 aliphatic rings. The molecule has 0 aliphatic heterocycles. The molecule has 0 saturated heterocycles. The van der Waals surface area contributed by atoms with E-state index in [0.717, 1.165) is 11.8 Å². The smallest absolute Gasteiger partial charge is 0.274 e. The number of amides is 1. The van der Waals surface area contributed by atoms with E-state index in [2.05, 4.69) is 22.1 Å². The summed E-state index contributed by atoms with van der Waals surface area (Å²) in [5, 5.41) is 11.4. The highest BCUT2D eigenvalue weighted by molar-refractivity contribution is 6.03. The third-order valence-electron chi connectivity index (χ3n) is 2.69. The molecule has 5 heteroatoms. The maximum Gasteiger partial charge on any atom is 0.274 e. The van der Waals surface area contributed by atoms with E-state index >= 15 is 0 Å². The van der Waals surface area contributed by atoms with Crippen molar-refractivity contribution in [2.24, 2.45) is 0 Å². The van der Waals surface area contributed by atoms with E-state index in [0.29, 0.717) is 11.3 Å². The molecular weight excluding hydrogens is 271 g/mol. The van der Waals surface area contributed by atoms with Gasteiger partial charge in [0.2, 0.25) is 0 Å². The summed E-state index contributed by atoms with van der Waals surface area (Å²) in [7, 11) is 0. The van der Waals surface area contributed by atoms with E-state index in [4.69, 9.17) is 5.11 Å². The molecule has 1 amide bonds. The fraction of sp³-hybridized carbons (Fsp3) is 0.125. The minimum absolute atomic E-state index is 0.109. The lowest BCUT2D eigenvalue weighted by Gasteiger charge is -2.08. The van der Waals surface area contributed by atoms with E-state index in [1.54, 1.807) is 12.1 Å². The van der Waals surface area contributed by atoms with Gasteiger partial charge in [-0.05, 0) is 36.8 Å². The number of benzene rings is 1. The number of pyridine rings is 1. The summed E-state index contributed by atoms with van der Waals surface area (Å²) in [5.74, 6) is 4.36. The predicted octanol–water partition coefficient (Wildman–Crippen LogP) is 2.13. The van der Waals surface area contributed by atoms with Crippen LogP contribution in [0.25, 0.3) is 0 Å². The Kier molecular flexibility index (Phi) is 4.64. The average Bonchev–Trinajstić information content (AvgIpc) is 2.48. The number of nitrogens with one attached hydrogen (secondary N) is 1. The third-order valence-corrected chi connectivity index (χ3v) is 2.69. The molecule has 106 valence electrons. The van der Waals surface area contributed by atoms with Crippen LogP contribution < -0.4 is 5.32 Å². The molecular formula is C16H13FN2O2. The Morgan fingerprint density at radius 3 is 2.86 bits per heavy atom. The predicted molar refractivity (Wildman–Crippen MR) is 77.3 cm³/mol. The van der Waals surface area contributed by atoms with Crippen molar-refractivity contribution in [1.82, 2.24) is 4.98 Å². The number of hydrogen-bond donors (Lipinski definition) is 2. The van der Waals surface area contributed by atoms with Gasteiger partial charge in [0.05, 0.1) is 11.9 Å². The van der Waals surface area contributed by atoms with E-state index in [1.807, 2.05) is 13.0 Å². The molecule has 21 heavy (non-hydrogen) atoms. The van der Waals surface area contributed by atoms with Crippen LogP contribution in [0.5, 0.6) is 0 Å². The van der Waals surface area contributed by atoms with Gasteiger partial charge >= 0.3 is 0 Å². The fourth-order valence-electron chi connectivity index (χ4n) is 1.70. The van der Waals surface area contributed by atoms with Crippen molar-refractivity contribution < 1.29 is 14.3 Å². The Hall–Kier alpha value is -2.71. The van der Waals surface area contributed by atoms with Crippen molar-refractivity contribution in [3.63, 3.8) is 0 Å². The van der Waals surface area contributed by atoms with Gasteiger partial charge in [0.15, 0.2) is 0 Å². The first-order valence-electron chi connectivity index (χ1n) is 6.23. The Bertz CT molecular complexity index is 715. The molecule has 0 radical (unpaired) electrons. The highest BCUT2D eigenvalue weighted by atomic mass is 19.1. The Balaban J connectivity index is 2.26. The molecule has 0 spiro atoms. The van der Waals surface area contributed by atoms with Crippen LogP contribution in [0.3, 0.4) is 0 Å². The molecule has 1 heterocycles. The van der Waals surface area contributed by atoms with Crippen LogP contribution in [0.15, 0.2) is 36.5 Å². The van der Waals surface area contributed by atoms with Crippen molar-refractivity contribution in [3.05, 3.63) is 59.2 Å². The second kappa shape index (κ2) is 6.64. The lowest BCUT2D eigenvalue weighted by atomic mass is 10.1. The number of nitrogens with zero attached hydrogens (tertiary/aromatic N) is 1. The summed E-state index contributed by atoms with van der Waals surface area (Å²) >= 11 is 0. The van der Waals surface area contributed by atoms with E-state index < -0.39 is 11.7 Å². The zero-order valence-corrected chi connectivity index (χ0v) is 11.4. The van der Waals surface area contributed by atoms with Gasteiger partial charge in [-0.3, -0.25) is 4.79 Å². The number of aliphatic hydroxyl groups is 1. The first-order chi connectivity index (χ1) is 10.1. The SMILES string of the molecule is Cc1ccc(NC(=O)c2ccc(F)cn2)c(C#CCO)c1.